The summed E-state index contributed by atoms with van der Waals surface area (Å²) in [6.07, 6.45) is 1.15. The second-order valence-corrected chi connectivity index (χ2v) is 8.96. The summed E-state index contributed by atoms with van der Waals surface area (Å²) < 4.78 is 21.8. The molecule has 0 fully saturated rings. The Balaban J connectivity index is 1.57. The van der Waals surface area contributed by atoms with Crippen molar-refractivity contribution < 1.29 is 28.5 Å². The first-order valence-electron chi connectivity index (χ1n) is 11.8. The molecule has 1 atom stereocenters. The molecule has 0 amide bonds. The number of ether oxygens (including phenoxy) is 3. The van der Waals surface area contributed by atoms with Crippen LogP contribution in [0.5, 0.6) is 23.0 Å². The van der Waals surface area contributed by atoms with E-state index in [2.05, 4.69) is 4.98 Å². The molecular formula is C29H21NO8. The van der Waals surface area contributed by atoms with Gasteiger partial charge in [-0.1, -0.05) is 12.1 Å². The van der Waals surface area contributed by atoms with E-state index < -0.39 is 28.6 Å². The van der Waals surface area contributed by atoms with Crippen LogP contribution in [0.2, 0.25) is 0 Å². The van der Waals surface area contributed by atoms with Crippen molar-refractivity contribution >= 4 is 27.8 Å². The van der Waals surface area contributed by atoms with E-state index in [1.807, 2.05) is 0 Å². The summed E-state index contributed by atoms with van der Waals surface area (Å²) in [4.78, 5) is 42.2. The van der Waals surface area contributed by atoms with Crippen LogP contribution in [0.25, 0.3) is 33.0 Å². The molecule has 2 N–H and O–H groups in total. The first-order valence-corrected chi connectivity index (χ1v) is 11.8. The predicted molar refractivity (Wildman–Crippen MR) is 139 cm³/mol. The molecule has 0 spiro atoms. The number of pyridine rings is 1. The summed E-state index contributed by atoms with van der Waals surface area (Å²) in [6, 6.07) is 15.0. The lowest BCUT2D eigenvalue weighted by Crippen LogP contribution is -2.26. The number of carbonyl (C=O) groups is 1. The smallest absolute Gasteiger partial charge is 0.312 e. The zero-order valence-electron chi connectivity index (χ0n) is 20.4. The molecule has 1 aliphatic heterocycles. The van der Waals surface area contributed by atoms with Gasteiger partial charge in [0, 0.05) is 29.2 Å². The number of hydrogen-bond donors (Lipinski definition) is 2. The number of nitrogens with one attached hydrogen (secondary N) is 1. The van der Waals surface area contributed by atoms with Gasteiger partial charge in [0.2, 0.25) is 5.43 Å². The minimum Gasteiger partial charge on any atom is -0.507 e. The first kappa shape index (κ1) is 23.4. The lowest BCUT2D eigenvalue weighted by Gasteiger charge is -2.25. The number of rotatable bonds is 4. The van der Waals surface area contributed by atoms with Crippen molar-refractivity contribution in [1.29, 1.82) is 0 Å². The Hall–Kier alpha value is -5.05. The van der Waals surface area contributed by atoms with Crippen molar-refractivity contribution in [2.45, 2.75) is 12.3 Å². The summed E-state index contributed by atoms with van der Waals surface area (Å²) in [5.74, 6) is -0.503. The quantitative estimate of drug-likeness (QED) is 0.267. The molecular weight excluding hydrogens is 490 g/mol. The standard InChI is InChI=1S/C29H21NO8/c1-35-16-6-3-14(4-7-16)20-13-37-28-25-18(11-24(32)38-23(25)12-22(31)26(28)27(20)33)19-9-15-5-8-17(36-2)10-21(15)30-29(19)34/h3-10,12-13,18,31H,11H2,1-2H3,(H,30,34). The van der Waals surface area contributed by atoms with E-state index in [4.69, 9.17) is 18.6 Å². The Kier molecular flexibility index (Phi) is 5.41. The molecule has 6 rings (SSSR count). The summed E-state index contributed by atoms with van der Waals surface area (Å²) in [6.45, 7) is 0. The topological polar surface area (TPSA) is 128 Å². The highest BCUT2D eigenvalue weighted by atomic mass is 16.5. The molecule has 5 aromatic rings. The molecule has 0 aliphatic carbocycles. The second-order valence-electron chi connectivity index (χ2n) is 8.96. The summed E-state index contributed by atoms with van der Waals surface area (Å²) in [5.41, 5.74) is 1.20. The normalized spacial score (nSPS) is 14.8. The molecule has 0 bridgehead atoms. The maximum atomic E-state index is 13.6. The Morgan fingerprint density at radius 1 is 0.947 bits per heavy atom. The van der Waals surface area contributed by atoms with E-state index in [1.54, 1.807) is 55.6 Å². The number of esters is 1. The highest BCUT2D eigenvalue weighted by Crippen LogP contribution is 2.45. The number of phenolic OH excluding ortho intramolecular Hbond substituents is 1. The SMILES string of the molecule is COc1ccc(-c2coc3c4c(cc(O)c3c2=O)OC(=O)CC4c2cc3ccc(OC)cc3[nH]c2=O)cc1. The summed E-state index contributed by atoms with van der Waals surface area (Å²) >= 11 is 0. The van der Waals surface area contributed by atoms with E-state index in [1.165, 1.54) is 19.4 Å². The predicted octanol–water partition coefficient (Wildman–Crippen LogP) is 4.47. The Bertz CT molecular complexity index is 1870. The number of carbonyl (C=O) groups excluding carboxylic acids is 1. The van der Waals surface area contributed by atoms with Gasteiger partial charge in [-0.2, -0.15) is 0 Å². The van der Waals surface area contributed by atoms with Gasteiger partial charge in [-0.05, 0) is 41.3 Å². The van der Waals surface area contributed by atoms with Gasteiger partial charge in [0.1, 0.15) is 40.2 Å². The van der Waals surface area contributed by atoms with Crippen LogP contribution >= 0.6 is 0 Å². The summed E-state index contributed by atoms with van der Waals surface area (Å²) in [7, 11) is 3.08. The number of H-pyrrole nitrogens is 1. The fraction of sp³-hybridized carbons (Fsp3) is 0.138. The van der Waals surface area contributed by atoms with Gasteiger partial charge in [-0.3, -0.25) is 14.4 Å². The van der Waals surface area contributed by atoms with Crippen molar-refractivity contribution in [1.82, 2.24) is 4.98 Å². The fourth-order valence-corrected chi connectivity index (χ4v) is 4.95. The second kappa shape index (κ2) is 8.81. The lowest BCUT2D eigenvalue weighted by molar-refractivity contribution is -0.135. The molecule has 2 aromatic heterocycles. The molecule has 9 nitrogen and oxygen atoms in total. The number of phenols is 1. The van der Waals surface area contributed by atoms with Crippen LogP contribution in [0, 0.1) is 0 Å². The largest absolute Gasteiger partial charge is 0.507 e. The first-order chi connectivity index (χ1) is 18.4. The number of methoxy groups -OCH3 is 2. The van der Waals surface area contributed by atoms with Crippen LogP contribution < -0.4 is 25.2 Å². The number of aromatic nitrogens is 1. The van der Waals surface area contributed by atoms with E-state index in [-0.39, 0.29) is 28.7 Å². The van der Waals surface area contributed by atoms with Crippen LogP contribution in [-0.4, -0.2) is 30.3 Å². The van der Waals surface area contributed by atoms with Gasteiger partial charge in [-0.15, -0.1) is 0 Å². The molecule has 9 heteroatoms. The maximum Gasteiger partial charge on any atom is 0.312 e. The molecule has 38 heavy (non-hydrogen) atoms. The van der Waals surface area contributed by atoms with Gasteiger partial charge < -0.3 is 28.7 Å². The minimum absolute atomic E-state index is 0.0332. The zero-order chi connectivity index (χ0) is 26.6. The minimum atomic E-state index is -0.778. The van der Waals surface area contributed by atoms with Crippen LogP contribution in [0.1, 0.15) is 23.5 Å². The monoisotopic (exact) mass is 511 g/mol. The molecule has 3 heterocycles. The van der Waals surface area contributed by atoms with Gasteiger partial charge in [0.25, 0.3) is 5.56 Å². The molecule has 0 radical (unpaired) electrons. The Morgan fingerprint density at radius 2 is 1.68 bits per heavy atom. The fourth-order valence-electron chi connectivity index (χ4n) is 4.95. The zero-order valence-corrected chi connectivity index (χ0v) is 20.4. The molecule has 1 unspecified atom stereocenters. The molecule has 0 saturated heterocycles. The summed E-state index contributed by atoms with van der Waals surface area (Å²) in [5, 5.41) is 11.5. The third-order valence-electron chi connectivity index (χ3n) is 6.83. The van der Waals surface area contributed by atoms with E-state index in [0.29, 0.717) is 33.7 Å². The van der Waals surface area contributed by atoms with Gasteiger partial charge in [0.15, 0.2) is 0 Å². The van der Waals surface area contributed by atoms with Crippen LogP contribution in [0.15, 0.2) is 74.9 Å². The van der Waals surface area contributed by atoms with Gasteiger partial charge in [0.05, 0.1) is 31.7 Å². The Morgan fingerprint density at radius 3 is 2.42 bits per heavy atom. The van der Waals surface area contributed by atoms with Crippen LogP contribution in [-0.2, 0) is 4.79 Å². The highest BCUT2D eigenvalue weighted by Gasteiger charge is 2.35. The van der Waals surface area contributed by atoms with Gasteiger partial charge in [-0.25, -0.2) is 0 Å². The van der Waals surface area contributed by atoms with Crippen molar-refractivity contribution in [3.8, 4) is 34.1 Å². The van der Waals surface area contributed by atoms with Crippen molar-refractivity contribution in [2.24, 2.45) is 0 Å². The molecule has 3 aromatic carbocycles. The number of aromatic hydroxyl groups is 1. The number of benzene rings is 3. The van der Waals surface area contributed by atoms with E-state index >= 15 is 0 Å². The van der Waals surface area contributed by atoms with E-state index in [9.17, 15) is 19.5 Å². The average Bonchev–Trinajstić information content (AvgIpc) is 2.91. The maximum absolute atomic E-state index is 13.6. The third-order valence-corrected chi connectivity index (χ3v) is 6.83. The van der Waals surface area contributed by atoms with Crippen LogP contribution in [0.3, 0.4) is 0 Å². The molecule has 0 saturated carbocycles. The Labute approximate surface area is 214 Å². The van der Waals surface area contributed by atoms with E-state index in [0.717, 1.165) is 5.39 Å². The average molecular weight is 511 g/mol. The molecule has 190 valence electrons. The number of fused-ring (bicyclic) bond motifs is 4. The third kappa shape index (κ3) is 3.67. The van der Waals surface area contributed by atoms with Gasteiger partial charge >= 0.3 is 5.97 Å². The van der Waals surface area contributed by atoms with Crippen molar-refractivity contribution in [3.05, 3.63) is 92.6 Å². The van der Waals surface area contributed by atoms with Crippen molar-refractivity contribution in [3.63, 3.8) is 0 Å². The number of aromatic amines is 1. The lowest BCUT2D eigenvalue weighted by atomic mass is 9.85. The van der Waals surface area contributed by atoms with Crippen LogP contribution in [0.4, 0.5) is 0 Å². The van der Waals surface area contributed by atoms with Crippen molar-refractivity contribution in [2.75, 3.05) is 14.2 Å². The highest BCUT2D eigenvalue weighted by molar-refractivity contribution is 5.94. The number of hydrogen-bond acceptors (Lipinski definition) is 8. The molecule has 1 aliphatic rings.